The number of hydrogen-bond donors (Lipinski definition) is 1. The summed E-state index contributed by atoms with van der Waals surface area (Å²) < 4.78 is 10.6. The Bertz CT molecular complexity index is 428. The zero-order valence-electron chi connectivity index (χ0n) is 10.2. The molecule has 0 bridgehead atoms. The molecular formula is C14H17NO3. The topological polar surface area (TPSA) is 47.6 Å². The van der Waals surface area contributed by atoms with Crippen LogP contribution in [0.5, 0.6) is 0 Å². The van der Waals surface area contributed by atoms with Gasteiger partial charge in [0.1, 0.15) is 6.61 Å². The monoisotopic (exact) mass is 247 g/mol. The molecule has 3 rings (SSSR count). The number of carbonyl (C=O) groups excluding carboxylic acids is 1. The highest BCUT2D eigenvalue weighted by molar-refractivity contribution is 5.68. The predicted octanol–water partition coefficient (Wildman–Crippen LogP) is 2.09. The molecule has 0 aromatic heterocycles. The van der Waals surface area contributed by atoms with E-state index >= 15 is 0 Å². The third kappa shape index (κ3) is 2.34. The summed E-state index contributed by atoms with van der Waals surface area (Å²) in [6, 6.07) is 9.81. The Morgan fingerprint density at radius 1 is 1.39 bits per heavy atom. The van der Waals surface area contributed by atoms with Crippen LogP contribution in [0.3, 0.4) is 0 Å². The van der Waals surface area contributed by atoms with Gasteiger partial charge in [0.05, 0.1) is 19.3 Å². The van der Waals surface area contributed by atoms with Gasteiger partial charge >= 0.3 is 6.09 Å². The van der Waals surface area contributed by atoms with E-state index < -0.39 is 0 Å². The molecule has 1 amide bonds. The van der Waals surface area contributed by atoms with E-state index in [-0.39, 0.29) is 17.6 Å². The largest absolute Gasteiger partial charge is 0.445 e. The fourth-order valence-electron chi connectivity index (χ4n) is 2.41. The Balaban J connectivity index is 1.48. The molecule has 4 nitrogen and oxygen atoms in total. The molecule has 1 atom stereocenters. The van der Waals surface area contributed by atoms with Gasteiger partial charge in [0, 0.05) is 5.41 Å². The van der Waals surface area contributed by atoms with Gasteiger partial charge in [-0.15, -0.1) is 0 Å². The first kappa shape index (κ1) is 11.5. The second kappa shape index (κ2) is 4.61. The van der Waals surface area contributed by atoms with Crippen molar-refractivity contribution >= 4 is 6.09 Å². The zero-order valence-corrected chi connectivity index (χ0v) is 10.2. The number of amides is 1. The first-order valence-corrected chi connectivity index (χ1v) is 6.33. The molecule has 1 aliphatic carbocycles. The quantitative estimate of drug-likeness (QED) is 0.889. The van der Waals surface area contributed by atoms with Gasteiger partial charge in [-0.3, -0.25) is 0 Å². The van der Waals surface area contributed by atoms with Crippen LogP contribution in [0, 0.1) is 5.41 Å². The second-order valence-electron chi connectivity index (χ2n) is 5.14. The van der Waals surface area contributed by atoms with Gasteiger partial charge in [0.2, 0.25) is 0 Å². The van der Waals surface area contributed by atoms with Gasteiger partial charge in [-0.2, -0.15) is 0 Å². The van der Waals surface area contributed by atoms with E-state index in [1.165, 1.54) is 0 Å². The normalized spacial score (nSPS) is 23.9. The molecule has 1 aromatic rings. The smallest absolute Gasteiger partial charge is 0.407 e. The van der Waals surface area contributed by atoms with Gasteiger partial charge in [-0.25, -0.2) is 4.79 Å². The molecule has 1 spiro atoms. The molecule has 1 N–H and O–H groups in total. The number of hydrogen-bond acceptors (Lipinski definition) is 3. The lowest BCUT2D eigenvalue weighted by atomic mass is 10.0. The zero-order chi connectivity index (χ0) is 12.4. The van der Waals surface area contributed by atoms with E-state index in [0.717, 1.165) is 25.0 Å². The maximum atomic E-state index is 11.7. The van der Waals surface area contributed by atoms with Crippen LogP contribution in [-0.4, -0.2) is 25.3 Å². The number of carbonyl (C=O) groups is 1. The van der Waals surface area contributed by atoms with Crippen molar-refractivity contribution in [2.45, 2.75) is 25.5 Å². The van der Waals surface area contributed by atoms with Crippen LogP contribution in [0.25, 0.3) is 0 Å². The molecule has 96 valence electrons. The molecule has 4 heteroatoms. The lowest BCUT2D eigenvalue weighted by molar-refractivity contribution is 0.131. The standard InChI is InChI=1S/C14H17NO3/c16-13(18-8-11-4-2-1-3-5-11)15-12-9-17-10-14(12)6-7-14/h1-5,12H,6-10H2,(H,15,16). The fourth-order valence-corrected chi connectivity index (χ4v) is 2.41. The van der Waals surface area contributed by atoms with E-state index in [0.29, 0.717) is 13.2 Å². The molecule has 2 fully saturated rings. The third-order valence-corrected chi connectivity index (χ3v) is 3.81. The first-order chi connectivity index (χ1) is 8.78. The van der Waals surface area contributed by atoms with E-state index in [1.807, 2.05) is 30.3 Å². The average Bonchev–Trinajstić information content (AvgIpc) is 3.07. The maximum absolute atomic E-state index is 11.7. The van der Waals surface area contributed by atoms with E-state index in [1.54, 1.807) is 0 Å². The number of benzene rings is 1. The summed E-state index contributed by atoms with van der Waals surface area (Å²) in [5, 5.41) is 2.92. The Kier molecular flexibility index (Phi) is 2.96. The minimum Gasteiger partial charge on any atom is -0.445 e. The summed E-state index contributed by atoms with van der Waals surface area (Å²) in [5.74, 6) is 0. The van der Waals surface area contributed by atoms with Crippen molar-refractivity contribution in [2.24, 2.45) is 5.41 Å². The summed E-state index contributed by atoms with van der Waals surface area (Å²) in [5.41, 5.74) is 1.21. The minimum absolute atomic E-state index is 0.126. The Hall–Kier alpha value is -1.55. The highest BCUT2D eigenvalue weighted by Crippen LogP contribution is 2.51. The number of rotatable bonds is 3. The summed E-state index contributed by atoms with van der Waals surface area (Å²) >= 11 is 0. The molecule has 1 saturated heterocycles. The van der Waals surface area contributed by atoms with Crippen LogP contribution in [0.15, 0.2) is 30.3 Å². The van der Waals surface area contributed by atoms with Crippen LogP contribution in [0.2, 0.25) is 0 Å². The molecule has 1 aliphatic heterocycles. The van der Waals surface area contributed by atoms with E-state index in [2.05, 4.69) is 5.32 Å². The van der Waals surface area contributed by atoms with Gasteiger partial charge in [0.25, 0.3) is 0 Å². The minimum atomic E-state index is -0.347. The average molecular weight is 247 g/mol. The van der Waals surface area contributed by atoms with Crippen LogP contribution >= 0.6 is 0 Å². The van der Waals surface area contributed by atoms with Crippen molar-refractivity contribution in [1.29, 1.82) is 0 Å². The highest BCUT2D eigenvalue weighted by Gasteiger charge is 2.54. The SMILES string of the molecule is O=C(NC1COCC12CC2)OCc1ccccc1. The van der Waals surface area contributed by atoms with Crippen molar-refractivity contribution in [1.82, 2.24) is 5.32 Å². The summed E-state index contributed by atoms with van der Waals surface area (Å²) in [4.78, 5) is 11.7. The molecule has 1 unspecified atom stereocenters. The maximum Gasteiger partial charge on any atom is 0.407 e. The van der Waals surface area contributed by atoms with Crippen molar-refractivity contribution in [3.63, 3.8) is 0 Å². The summed E-state index contributed by atoms with van der Waals surface area (Å²) in [7, 11) is 0. The van der Waals surface area contributed by atoms with Gasteiger partial charge < -0.3 is 14.8 Å². The van der Waals surface area contributed by atoms with Crippen LogP contribution in [0.1, 0.15) is 18.4 Å². The van der Waals surface area contributed by atoms with Crippen molar-refractivity contribution in [3.8, 4) is 0 Å². The summed E-state index contributed by atoms with van der Waals surface area (Å²) in [6.07, 6.45) is 1.95. The lowest BCUT2D eigenvalue weighted by Crippen LogP contribution is -2.41. The molecular weight excluding hydrogens is 230 g/mol. The Morgan fingerprint density at radius 3 is 2.89 bits per heavy atom. The fraction of sp³-hybridized carbons (Fsp3) is 0.500. The van der Waals surface area contributed by atoms with E-state index in [9.17, 15) is 4.79 Å². The van der Waals surface area contributed by atoms with Crippen LogP contribution < -0.4 is 5.32 Å². The highest BCUT2D eigenvalue weighted by atomic mass is 16.5. The van der Waals surface area contributed by atoms with Gasteiger partial charge in [-0.1, -0.05) is 30.3 Å². The number of nitrogens with one attached hydrogen (secondary N) is 1. The molecule has 1 saturated carbocycles. The summed E-state index contributed by atoms with van der Waals surface area (Å²) in [6.45, 7) is 1.70. The molecule has 0 radical (unpaired) electrons. The number of alkyl carbamates (subject to hydrolysis) is 1. The first-order valence-electron chi connectivity index (χ1n) is 6.33. The molecule has 18 heavy (non-hydrogen) atoms. The molecule has 1 heterocycles. The van der Waals surface area contributed by atoms with Crippen molar-refractivity contribution in [3.05, 3.63) is 35.9 Å². The van der Waals surface area contributed by atoms with Crippen LogP contribution in [-0.2, 0) is 16.1 Å². The van der Waals surface area contributed by atoms with Gasteiger partial charge in [0.15, 0.2) is 0 Å². The predicted molar refractivity (Wildman–Crippen MR) is 66.0 cm³/mol. The van der Waals surface area contributed by atoms with E-state index in [4.69, 9.17) is 9.47 Å². The molecule has 1 aromatic carbocycles. The third-order valence-electron chi connectivity index (χ3n) is 3.81. The lowest BCUT2D eigenvalue weighted by Gasteiger charge is -2.17. The Morgan fingerprint density at radius 2 is 2.17 bits per heavy atom. The number of ether oxygens (including phenoxy) is 2. The Labute approximate surface area is 106 Å². The van der Waals surface area contributed by atoms with Crippen molar-refractivity contribution < 1.29 is 14.3 Å². The van der Waals surface area contributed by atoms with Crippen molar-refractivity contribution in [2.75, 3.05) is 13.2 Å². The van der Waals surface area contributed by atoms with Gasteiger partial charge in [-0.05, 0) is 18.4 Å². The molecule has 2 aliphatic rings. The second-order valence-corrected chi connectivity index (χ2v) is 5.14. The van der Waals surface area contributed by atoms with Crippen LogP contribution in [0.4, 0.5) is 4.79 Å².